The lowest BCUT2D eigenvalue weighted by Crippen LogP contribution is -2.38. The first kappa shape index (κ1) is 20.7. The molecule has 0 aliphatic rings. The Morgan fingerprint density at radius 3 is 2.22 bits per heavy atom. The van der Waals surface area contributed by atoms with E-state index >= 15 is 0 Å². The van der Waals surface area contributed by atoms with Gasteiger partial charge >= 0.3 is 0 Å². The first-order valence-electron chi connectivity index (χ1n) is 8.69. The van der Waals surface area contributed by atoms with Gasteiger partial charge in [-0.05, 0) is 48.7 Å². The molecule has 2 rings (SSSR count). The lowest BCUT2D eigenvalue weighted by atomic mass is 10.1. The number of sulfonamides is 1. The zero-order valence-electron chi connectivity index (χ0n) is 15.6. The van der Waals surface area contributed by atoms with E-state index in [-0.39, 0.29) is 4.90 Å². The molecule has 0 saturated heterocycles. The Balaban J connectivity index is 1.89. The highest BCUT2D eigenvalue weighted by atomic mass is 32.2. The Hall–Kier alpha value is -2.58. The monoisotopic (exact) mass is 390 g/mol. The molecule has 0 spiro atoms. The first-order chi connectivity index (χ1) is 12.9. The van der Waals surface area contributed by atoms with Crippen molar-refractivity contribution in [2.45, 2.75) is 24.8 Å². The predicted molar refractivity (Wildman–Crippen MR) is 107 cm³/mol. The molecule has 0 saturated carbocycles. The molecule has 0 aromatic heterocycles. The van der Waals surface area contributed by atoms with Crippen LogP contribution in [0.3, 0.4) is 0 Å². The van der Waals surface area contributed by atoms with Gasteiger partial charge in [0.2, 0.25) is 10.0 Å². The van der Waals surface area contributed by atoms with Gasteiger partial charge in [0.15, 0.2) is 5.96 Å². The van der Waals surface area contributed by atoms with Gasteiger partial charge in [0.25, 0.3) is 0 Å². The van der Waals surface area contributed by atoms with E-state index in [2.05, 4.69) is 15.6 Å². The van der Waals surface area contributed by atoms with Gasteiger partial charge in [-0.25, -0.2) is 18.5 Å². The van der Waals surface area contributed by atoms with Crippen molar-refractivity contribution in [1.29, 1.82) is 0 Å². The number of nitrogens with zero attached hydrogens (tertiary/aromatic N) is 1. The zero-order chi connectivity index (χ0) is 19.7. The molecule has 0 heterocycles. The lowest BCUT2D eigenvalue weighted by Gasteiger charge is -2.11. The van der Waals surface area contributed by atoms with Crippen LogP contribution < -0.4 is 20.5 Å². The molecule has 0 atom stereocenters. The molecule has 146 valence electrons. The summed E-state index contributed by atoms with van der Waals surface area (Å²) in [5.74, 6) is 1.55. The topological polar surface area (TPSA) is 106 Å². The minimum atomic E-state index is -3.65. The van der Waals surface area contributed by atoms with Crippen LogP contribution in [0.2, 0.25) is 0 Å². The van der Waals surface area contributed by atoms with Crippen LogP contribution in [0.4, 0.5) is 0 Å². The van der Waals surface area contributed by atoms with E-state index in [1.54, 1.807) is 19.2 Å². The van der Waals surface area contributed by atoms with E-state index in [0.29, 0.717) is 13.1 Å². The third kappa shape index (κ3) is 6.92. The Labute approximate surface area is 160 Å². The third-order valence-electron chi connectivity index (χ3n) is 3.88. The number of primary sulfonamides is 1. The summed E-state index contributed by atoms with van der Waals surface area (Å²) >= 11 is 0. The lowest BCUT2D eigenvalue weighted by molar-refractivity contribution is 0.414. The van der Waals surface area contributed by atoms with Crippen molar-refractivity contribution in [2.24, 2.45) is 10.1 Å². The van der Waals surface area contributed by atoms with Crippen LogP contribution in [0, 0.1) is 0 Å². The van der Waals surface area contributed by atoms with Crippen molar-refractivity contribution < 1.29 is 13.2 Å². The highest BCUT2D eigenvalue weighted by Gasteiger charge is 2.06. The van der Waals surface area contributed by atoms with Gasteiger partial charge in [-0.2, -0.15) is 0 Å². The maximum Gasteiger partial charge on any atom is 0.238 e. The summed E-state index contributed by atoms with van der Waals surface area (Å²) in [5, 5.41) is 11.6. The van der Waals surface area contributed by atoms with Gasteiger partial charge in [-0.3, -0.25) is 0 Å². The molecule has 8 heteroatoms. The largest absolute Gasteiger partial charge is 0.497 e. The van der Waals surface area contributed by atoms with E-state index < -0.39 is 10.0 Å². The van der Waals surface area contributed by atoms with Gasteiger partial charge in [0.05, 0.1) is 18.6 Å². The van der Waals surface area contributed by atoms with Crippen LogP contribution in [-0.4, -0.2) is 34.6 Å². The molecule has 0 aliphatic heterocycles. The van der Waals surface area contributed by atoms with Crippen molar-refractivity contribution in [1.82, 2.24) is 10.6 Å². The van der Waals surface area contributed by atoms with Crippen LogP contribution in [-0.2, 0) is 23.0 Å². The number of guanidine groups is 1. The standard InChI is InChI=1S/C19H26N4O3S/c1-3-21-19(23-14-16-4-8-17(26-2)9-5-16)22-13-12-15-6-10-18(11-7-15)27(20,24)25/h4-11H,3,12-14H2,1-2H3,(H2,20,24,25)(H2,21,22,23). The summed E-state index contributed by atoms with van der Waals surface area (Å²) < 4.78 is 27.7. The van der Waals surface area contributed by atoms with Crippen LogP contribution in [0.5, 0.6) is 5.75 Å². The fraction of sp³-hybridized carbons (Fsp3) is 0.316. The van der Waals surface area contributed by atoms with Gasteiger partial charge in [0.1, 0.15) is 5.75 Å². The quantitative estimate of drug-likeness (QED) is 0.469. The molecule has 0 aliphatic carbocycles. The number of hydrogen-bond acceptors (Lipinski definition) is 4. The number of benzene rings is 2. The number of aliphatic imine (C=N–C) groups is 1. The van der Waals surface area contributed by atoms with Crippen LogP contribution in [0.1, 0.15) is 18.1 Å². The van der Waals surface area contributed by atoms with Gasteiger partial charge < -0.3 is 15.4 Å². The summed E-state index contributed by atoms with van der Waals surface area (Å²) in [7, 11) is -2.01. The van der Waals surface area contributed by atoms with Crippen molar-refractivity contribution in [3.8, 4) is 5.75 Å². The first-order valence-corrected chi connectivity index (χ1v) is 10.2. The fourth-order valence-electron chi connectivity index (χ4n) is 2.41. The van der Waals surface area contributed by atoms with Crippen LogP contribution >= 0.6 is 0 Å². The average Bonchev–Trinajstić information content (AvgIpc) is 2.66. The zero-order valence-corrected chi connectivity index (χ0v) is 16.4. The van der Waals surface area contributed by atoms with E-state index in [0.717, 1.165) is 35.8 Å². The Bertz CT molecular complexity index is 848. The Kier molecular flexibility index (Phi) is 7.63. The minimum Gasteiger partial charge on any atom is -0.497 e. The second-order valence-corrected chi connectivity index (χ2v) is 7.47. The van der Waals surface area contributed by atoms with Crippen molar-refractivity contribution in [3.05, 3.63) is 59.7 Å². The molecule has 0 radical (unpaired) electrons. The van der Waals surface area contributed by atoms with Crippen molar-refractivity contribution in [3.63, 3.8) is 0 Å². The SMILES string of the molecule is CCNC(=NCc1ccc(OC)cc1)NCCc1ccc(S(N)(=O)=O)cc1. The molecule has 4 N–H and O–H groups in total. The van der Waals surface area contributed by atoms with Gasteiger partial charge in [0, 0.05) is 13.1 Å². The van der Waals surface area contributed by atoms with Crippen molar-refractivity contribution >= 4 is 16.0 Å². The van der Waals surface area contributed by atoms with Gasteiger partial charge in [-0.15, -0.1) is 0 Å². The van der Waals surface area contributed by atoms with Crippen LogP contribution in [0.15, 0.2) is 58.4 Å². The summed E-state index contributed by atoms with van der Waals surface area (Å²) in [6.45, 7) is 4.00. The molecule has 0 bridgehead atoms. The average molecular weight is 391 g/mol. The third-order valence-corrected chi connectivity index (χ3v) is 4.81. The molecule has 0 unspecified atom stereocenters. The molecule has 27 heavy (non-hydrogen) atoms. The molecule has 0 amide bonds. The number of ether oxygens (including phenoxy) is 1. The summed E-state index contributed by atoms with van der Waals surface area (Å²) in [6.07, 6.45) is 0.734. The molecule has 7 nitrogen and oxygen atoms in total. The maximum atomic E-state index is 11.3. The second-order valence-electron chi connectivity index (χ2n) is 5.91. The molecule has 2 aromatic rings. The number of rotatable bonds is 8. The summed E-state index contributed by atoms with van der Waals surface area (Å²) in [6, 6.07) is 14.4. The normalized spacial score (nSPS) is 11.9. The van der Waals surface area contributed by atoms with E-state index in [4.69, 9.17) is 9.88 Å². The van der Waals surface area contributed by atoms with Crippen molar-refractivity contribution in [2.75, 3.05) is 20.2 Å². The fourth-order valence-corrected chi connectivity index (χ4v) is 2.93. The maximum absolute atomic E-state index is 11.3. The smallest absolute Gasteiger partial charge is 0.238 e. The number of nitrogens with one attached hydrogen (secondary N) is 2. The molecule has 2 aromatic carbocycles. The molecular formula is C19H26N4O3S. The molecule has 0 fully saturated rings. The Morgan fingerprint density at radius 2 is 1.67 bits per heavy atom. The highest BCUT2D eigenvalue weighted by Crippen LogP contribution is 2.12. The second kappa shape index (κ2) is 9.94. The molecular weight excluding hydrogens is 364 g/mol. The highest BCUT2D eigenvalue weighted by molar-refractivity contribution is 7.89. The summed E-state index contributed by atoms with van der Waals surface area (Å²) in [4.78, 5) is 4.69. The summed E-state index contributed by atoms with van der Waals surface area (Å²) in [5.41, 5.74) is 2.10. The predicted octanol–water partition coefficient (Wildman–Crippen LogP) is 1.64. The number of nitrogens with two attached hydrogens (primary N) is 1. The number of methoxy groups -OCH3 is 1. The van der Waals surface area contributed by atoms with E-state index in [9.17, 15) is 8.42 Å². The van der Waals surface area contributed by atoms with Crippen LogP contribution in [0.25, 0.3) is 0 Å². The van der Waals surface area contributed by atoms with E-state index in [1.165, 1.54) is 12.1 Å². The number of hydrogen-bond donors (Lipinski definition) is 3. The van der Waals surface area contributed by atoms with Gasteiger partial charge in [-0.1, -0.05) is 24.3 Å². The Morgan fingerprint density at radius 1 is 1.04 bits per heavy atom. The van der Waals surface area contributed by atoms with E-state index in [1.807, 2.05) is 31.2 Å². The minimum absolute atomic E-state index is 0.119.